The molecule has 0 saturated carbocycles. The maximum Gasteiger partial charge on any atom is 0.336 e. The molecule has 146 valence electrons. The standard InChI is InChI=1S/C23H26N2O3/c1-5-6-7-9-17-10-8-11-19(23(26)27)20(17)22-25-24-21(28-22)18-13-12-14(2)15(3)16(18)4/h8,10-13H,5-7,9H2,1-4H3,(H,26,27). The summed E-state index contributed by atoms with van der Waals surface area (Å²) in [7, 11) is 0. The molecule has 3 aromatic rings. The summed E-state index contributed by atoms with van der Waals surface area (Å²) in [6, 6.07) is 9.32. The molecule has 1 aromatic heterocycles. The summed E-state index contributed by atoms with van der Waals surface area (Å²) in [5.74, 6) is -0.318. The summed E-state index contributed by atoms with van der Waals surface area (Å²) in [6.07, 6.45) is 3.97. The highest BCUT2D eigenvalue weighted by Crippen LogP contribution is 2.32. The Morgan fingerprint density at radius 3 is 2.46 bits per heavy atom. The van der Waals surface area contributed by atoms with Gasteiger partial charge < -0.3 is 9.52 Å². The van der Waals surface area contributed by atoms with Gasteiger partial charge in [-0.2, -0.15) is 0 Å². The zero-order chi connectivity index (χ0) is 20.3. The van der Waals surface area contributed by atoms with E-state index in [1.165, 1.54) is 11.1 Å². The van der Waals surface area contributed by atoms with Crippen molar-refractivity contribution < 1.29 is 14.3 Å². The molecule has 0 aliphatic carbocycles. The van der Waals surface area contributed by atoms with Crippen molar-refractivity contribution in [2.45, 2.75) is 53.4 Å². The Balaban J connectivity index is 2.07. The van der Waals surface area contributed by atoms with Crippen molar-refractivity contribution in [1.82, 2.24) is 10.2 Å². The fourth-order valence-electron chi connectivity index (χ4n) is 3.43. The highest BCUT2D eigenvalue weighted by Gasteiger charge is 2.22. The maximum absolute atomic E-state index is 11.8. The first-order chi connectivity index (χ1) is 13.4. The minimum atomic E-state index is -0.991. The predicted octanol–water partition coefficient (Wildman–Crippen LogP) is 5.76. The van der Waals surface area contributed by atoms with Crippen LogP contribution in [0.3, 0.4) is 0 Å². The van der Waals surface area contributed by atoms with Crippen LogP contribution in [0.2, 0.25) is 0 Å². The van der Waals surface area contributed by atoms with Crippen LogP contribution in [0, 0.1) is 20.8 Å². The predicted molar refractivity (Wildman–Crippen MR) is 110 cm³/mol. The molecule has 5 nitrogen and oxygen atoms in total. The third-order valence-corrected chi connectivity index (χ3v) is 5.36. The van der Waals surface area contributed by atoms with Crippen LogP contribution in [-0.4, -0.2) is 21.3 Å². The van der Waals surface area contributed by atoms with Gasteiger partial charge in [0.1, 0.15) is 0 Å². The van der Waals surface area contributed by atoms with Crippen LogP contribution in [0.1, 0.15) is 58.8 Å². The smallest absolute Gasteiger partial charge is 0.336 e. The monoisotopic (exact) mass is 378 g/mol. The summed E-state index contributed by atoms with van der Waals surface area (Å²) < 4.78 is 5.98. The summed E-state index contributed by atoms with van der Waals surface area (Å²) in [6.45, 7) is 8.31. The molecule has 0 fully saturated rings. The Hall–Kier alpha value is -2.95. The molecule has 1 heterocycles. The van der Waals surface area contributed by atoms with Crippen LogP contribution in [0.5, 0.6) is 0 Å². The van der Waals surface area contributed by atoms with Crippen molar-refractivity contribution in [1.29, 1.82) is 0 Å². The lowest BCUT2D eigenvalue weighted by Crippen LogP contribution is -2.03. The first-order valence-electron chi connectivity index (χ1n) is 9.70. The van der Waals surface area contributed by atoms with Gasteiger partial charge in [-0.1, -0.05) is 38.0 Å². The van der Waals surface area contributed by atoms with E-state index in [0.717, 1.165) is 42.4 Å². The van der Waals surface area contributed by atoms with E-state index < -0.39 is 5.97 Å². The van der Waals surface area contributed by atoms with Crippen LogP contribution in [-0.2, 0) is 6.42 Å². The second kappa shape index (κ2) is 8.38. The second-order valence-electron chi connectivity index (χ2n) is 7.19. The van der Waals surface area contributed by atoms with Crippen molar-refractivity contribution in [3.8, 4) is 22.9 Å². The van der Waals surface area contributed by atoms with E-state index in [-0.39, 0.29) is 11.5 Å². The SMILES string of the molecule is CCCCCc1cccc(C(=O)O)c1-c1nnc(-c2ccc(C)c(C)c2C)o1. The van der Waals surface area contributed by atoms with Crippen LogP contribution in [0.25, 0.3) is 22.9 Å². The number of nitrogens with zero attached hydrogens (tertiary/aromatic N) is 2. The number of carboxylic acids is 1. The molecule has 1 N–H and O–H groups in total. The Bertz CT molecular complexity index is 1010. The van der Waals surface area contributed by atoms with Crippen LogP contribution in [0.15, 0.2) is 34.7 Å². The molecule has 0 unspecified atom stereocenters. The highest BCUT2D eigenvalue weighted by atomic mass is 16.4. The van der Waals surface area contributed by atoms with E-state index in [4.69, 9.17) is 4.42 Å². The van der Waals surface area contributed by atoms with Gasteiger partial charge in [-0.3, -0.25) is 0 Å². The van der Waals surface area contributed by atoms with Crippen molar-refractivity contribution >= 4 is 5.97 Å². The molecule has 0 spiro atoms. The van der Waals surface area contributed by atoms with Gasteiger partial charge in [0.15, 0.2) is 0 Å². The number of aryl methyl sites for hydroxylation is 2. The number of rotatable bonds is 7. The number of carbonyl (C=O) groups is 1. The van der Waals surface area contributed by atoms with Gasteiger partial charge in [-0.25, -0.2) is 4.79 Å². The summed E-state index contributed by atoms with van der Waals surface area (Å²) in [5, 5.41) is 18.1. The van der Waals surface area contributed by atoms with Gasteiger partial charge in [0.2, 0.25) is 11.8 Å². The van der Waals surface area contributed by atoms with Crippen molar-refractivity contribution in [2.24, 2.45) is 0 Å². The number of unbranched alkanes of at least 4 members (excludes halogenated alkanes) is 2. The van der Waals surface area contributed by atoms with E-state index in [9.17, 15) is 9.90 Å². The van der Waals surface area contributed by atoms with Gasteiger partial charge in [-0.05, 0) is 68.0 Å². The fourth-order valence-corrected chi connectivity index (χ4v) is 3.43. The molecular weight excluding hydrogens is 352 g/mol. The van der Waals surface area contributed by atoms with E-state index in [2.05, 4.69) is 31.0 Å². The minimum Gasteiger partial charge on any atom is -0.478 e. The number of carboxylic acid groups (broad SMARTS) is 1. The van der Waals surface area contributed by atoms with E-state index in [1.807, 2.05) is 25.1 Å². The third-order valence-electron chi connectivity index (χ3n) is 5.36. The van der Waals surface area contributed by atoms with Gasteiger partial charge in [0, 0.05) is 5.56 Å². The second-order valence-corrected chi connectivity index (χ2v) is 7.19. The summed E-state index contributed by atoms with van der Waals surface area (Å²) >= 11 is 0. The van der Waals surface area contributed by atoms with Gasteiger partial charge in [0.25, 0.3) is 0 Å². The molecule has 0 bridgehead atoms. The summed E-state index contributed by atoms with van der Waals surface area (Å²) in [5.41, 5.74) is 6.01. The zero-order valence-electron chi connectivity index (χ0n) is 16.9. The summed E-state index contributed by atoms with van der Waals surface area (Å²) in [4.78, 5) is 11.8. The largest absolute Gasteiger partial charge is 0.478 e. The van der Waals surface area contributed by atoms with E-state index in [1.54, 1.807) is 12.1 Å². The first-order valence-corrected chi connectivity index (χ1v) is 9.70. The fraction of sp³-hybridized carbons (Fsp3) is 0.348. The topological polar surface area (TPSA) is 76.2 Å². The quantitative estimate of drug-likeness (QED) is 0.529. The molecule has 5 heteroatoms. The lowest BCUT2D eigenvalue weighted by atomic mass is 9.96. The van der Waals surface area contributed by atoms with Crippen molar-refractivity contribution in [3.63, 3.8) is 0 Å². The van der Waals surface area contributed by atoms with Crippen LogP contribution >= 0.6 is 0 Å². The molecule has 0 aliphatic rings. The Morgan fingerprint density at radius 1 is 1.00 bits per heavy atom. The molecule has 0 aliphatic heterocycles. The average molecular weight is 378 g/mol. The Morgan fingerprint density at radius 2 is 1.75 bits per heavy atom. The molecular formula is C23H26N2O3. The third kappa shape index (κ3) is 3.84. The van der Waals surface area contributed by atoms with E-state index in [0.29, 0.717) is 11.5 Å². The molecule has 28 heavy (non-hydrogen) atoms. The first kappa shape index (κ1) is 19.8. The van der Waals surface area contributed by atoms with Crippen LogP contribution < -0.4 is 0 Å². The van der Waals surface area contributed by atoms with Gasteiger partial charge in [0.05, 0.1) is 11.1 Å². The number of aromatic carboxylic acids is 1. The highest BCUT2D eigenvalue weighted by molar-refractivity contribution is 5.95. The molecule has 0 saturated heterocycles. The molecule has 3 rings (SSSR count). The number of benzene rings is 2. The lowest BCUT2D eigenvalue weighted by Gasteiger charge is -2.10. The molecule has 2 aromatic carbocycles. The van der Waals surface area contributed by atoms with Crippen molar-refractivity contribution in [2.75, 3.05) is 0 Å². The van der Waals surface area contributed by atoms with Crippen molar-refractivity contribution in [3.05, 3.63) is 58.1 Å². The number of aromatic nitrogens is 2. The van der Waals surface area contributed by atoms with Crippen LogP contribution in [0.4, 0.5) is 0 Å². The zero-order valence-corrected chi connectivity index (χ0v) is 16.9. The Kier molecular flexibility index (Phi) is 5.93. The molecule has 0 atom stereocenters. The molecule has 0 amide bonds. The number of hydrogen-bond donors (Lipinski definition) is 1. The lowest BCUT2D eigenvalue weighted by molar-refractivity contribution is 0.0697. The molecule has 0 radical (unpaired) electrons. The van der Waals surface area contributed by atoms with Gasteiger partial charge >= 0.3 is 5.97 Å². The average Bonchev–Trinajstić information content (AvgIpc) is 3.15. The Labute approximate surface area is 165 Å². The maximum atomic E-state index is 11.8. The van der Waals surface area contributed by atoms with E-state index >= 15 is 0 Å². The normalized spacial score (nSPS) is 11.0. The minimum absolute atomic E-state index is 0.195. The van der Waals surface area contributed by atoms with Gasteiger partial charge in [-0.15, -0.1) is 10.2 Å². The number of hydrogen-bond acceptors (Lipinski definition) is 4.